The Kier molecular flexibility index (Phi) is 1.30. The van der Waals surface area contributed by atoms with Crippen molar-refractivity contribution < 1.29 is 0 Å². The Balaban J connectivity index is 2.05. The van der Waals surface area contributed by atoms with Crippen molar-refractivity contribution in [3.05, 3.63) is 29.3 Å². The van der Waals surface area contributed by atoms with Crippen molar-refractivity contribution in [3.63, 3.8) is 0 Å². The van der Waals surface area contributed by atoms with Gasteiger partial charge in [-0.25, -0.2) is 0 Å². The maximum Gasteiger partial charge on any atom is 0.0349 e. The molecule has 1 aromatic rings. The highest BCUT2D eigenvalue weighted by molar-refractivity contribution is 5.52. The van der Waals surface area contributed by atoms with Crippen molar-refractivity contribution in [2.24, 2.45) is 5.41 Å². The van der Waals surface area contributed by atoms with Crippen LogP contribution in [0.25, 0.3) is 0 Å². The maximum absolute atomic E-state index is 5.95. The summed E-state index contributed by atoms with van der Waals surface area (Å²) in [5.74, 6) is 0. The van der Waals surface area contributed by atoms with Gasteiger partial charge in [0.1, 0.15) is 0 Å². The zero-order valence-corrected chi connectivity index (χ0v) is 7.84. The van der Waals surface area contributed by atoms with Gasteiger partial charge in [-0.2, -0.15) is 0 Å². The Morgan fingerprint density at radius 2 is 2.00 bits per heavy atom. The van der Waals surface area contributed by atoms with Crippen LogP contribution in [0.15, 0.2) is 18.2 Å². The van der Waals surface area contributed by atoms with E-state index >= 15 is 0 Å². The Hall–Kier alpha value is -0.980. The number of nitrogens with two attached hydrogens (primary N) is 1. The zero-order chi connectivity index (χ0) is 8.89. The van der Waals surface area contributed by atoms with Crippen LogP contribution in [0.5, 0.6) is 0 Å². The molecule has 0 unspecified atom stereocenters. The van der Waals surface area contributed by atoms with Gasteiger partial charge in [0, 0.05) is 5.69 Å². The van der Waals surface area contributed by atoms with Crippen LogP contribution in [0.4, 0.5) is 5.69 Å². The van der Waals surface area contributed by atoms with Crippen LogP contribution in [-0.4, -0.2) is 0 Å². The molecule has 2 aliphatic carbocycles. The minimum Gasteiger partial charge on any atom is -0.398 e. The summed E-state index contributed by atoms with van der Waals surface area (Å²) in [6, 6.07) is 6.38. The second-order valence-corrected chi connectivity index (χ2v) is 4.66. The van der Waals surface area contributed by atoms with Crippen LogP contribution >= 0.6 is 0 Å². The standard InChI is InChI=1S/C12H15N/c13-11-3-1-2-9-8-12(6-7-12)5-4-10(9)11/h1-3H,4-8,13H2. The van der Waals surface area contributed by atoms with E-state index in [-0.39, 0.29) is 0 Å². The molecule has 1 fully saturated rings. The van der Waals surface area contributed by atoms with E-state index in [0.717, 1.165) is 5.69 Å². The van der Waals surface area contributed by atoms with E-state index in [1.807, 2.05) is 6.07 Å². The van der Waals surface area contributed by atoms with Gasteiger partial charge in [-0.15, -0.1) is 0 Å². The first-order chi connectivity index (χ1) is 6.29. The van der Waals surface area contributed by atoms with Crippen LogP contribution in [0.2, 0.25) is 0 Å². The highest BCUT2D eigenvalue weighted by atomic mass is 14.6. The lowest BCUT2D eigenvalue weighted by molar-refractivity contribution is 0.438. The van der Waals surface area contributed by atoms with Crippen molar-refractivity contribution in [3.8, 4) is 0 Å². The molecule has 3 rings (SSSR count). The molecule has 13 heavy (non-hydrogen) atoms. The predicted octanol–water partition coefficient (Wildman–Crippen LogP) is 2.54. The first-order valence-corrected chi connectivity index (χ1v) is 5.15. The van der Waals surface area contributed by atoms with E-state index < -0.39 is 0 Å². The number of benzene rings is 1. The van der Waals surface area contributed by atoms with E-state index in [2.05, 4.69) is 12.1 Å². The molecule has 1 aromatic carbocycles. The molecule has 68 valence electrons. The summed E-state index contributed by atoms with van der Waals surface area (Å²) in [5, 5.41) is 0. The van der Waals surface area contributed by atoms with E-state index in [0.29, 0.717) is 5.41 Å². The molecule has 1 spiro atoms. The van der Waals surface area contributed by atoms with E-state index in [1.165, 1.54) is 43.2 Å². The van der Waals surface area contributed by atoms with Crippen LogP contribution in [-0.2, 0) is 12.8 Å². The highest BCUT2D eigenvalue weighted by Gasteiger charge is 2.44. The van der Waals surface area contributed by atoms with Gasteiger partial charge in [-0.1, -0.05) is 12.1 Å². The minimum atomic E-state index is 0.709. The quantitative estimate of drug-likeness (QED) is 0.599. The van der Waals surface area contributed by atoms with Gasteiger partial charge in [0.05, 0.1) is 0 Å². The smallest absolute Gasteiger partial charge is 0.0349 e. The zero-order valence-electron chi connectivity index (χ0n) is 7.84. The molecule has 0 aromatic heterocycles. The summed E-state index contributed by atoms with van der Waals surface area (Å²) >= 11 is 0. The topological polar surface area (TPSA) is 26.0 Å². The predicted molar refractivity (Wildman–Crippen MR) is 54.5 cm³/mol. The summed E-state index contributed by atoms with van der Waals surface area (Å²) in [6.07, 6.45) is 6.76. The maximum atomic E-state index is 5.95. The van der Waals surface area contributed by atoms with Crippen molar-refractivity contribution >= 4 is 5.69 Å². The third-order valence-corrected chi connectivity index (χ3v) is 3.74. The molecule has 0 amide bonds. The summed E-state index contributed by atoms with van der Waals surface area (Å²) in [5.41, 5.74) is 10.6. The molecule has 0 bridgehead atoms. The Bertz CT molecular complexity index is 350. The van der Waals surface area contributed by atoms with Gasteiger partial charge >= 0.3 is 0 Å². The fourth-order valence-corrected chi connectivity index (χ4v) is 2.61. The summed E-state index contributed by atoms with van der Waals surface area (Å²) in [7, 11) is 0. The lowest BCUT2D eigenvalue weighted by Gasteiger charge is -2.25. The second kappa shape index (κ2) is 2.28. The fraction of sp³-hybridized carbons (Fsp3) is 0.500. The first kappa shape index (κ1) is 7.43. The Morgan fingerprint density at radius 3 is 2.77 bits per heavy atom. The third-order valence-electron chi connectivity index (χ3n) is 3.74. The molecule has 2 aliphatic rings. The average Bonchev–Trinajstić information content (AvgIpc) is 2.85. The molecule has 1 saturated carbocycles. The molecule has 0 aliphatic heterocycles. The second-order valence-electron chi connectivity index (χ2n) is 4.66. The van der Waals surface area contributed by atoms with Crippen LogP contribution < -0.4 is 5.73 Å². The van der Waals surface area contributed by atoms with Gasteiger partial charge in [0.2, 0.25) is 0 Å². The summed E-state index contributed by atoms with van der Waals surface area (Å²) < 4.78 is 0. The summed E-state index contributed by atoms with van der Waals surface area (Å²) in [4.78, 5) is 0. The number of anilines is 1. The molecule has 1 heteroatoms. The normalized spacial score (nSPS) is 22.8. The van der Waals surface area contributed by atoms with Gasteiger partial charge in [0.25, 0.3) is 0 Å². The van der Waals surface area contributed by atoms with Crippen molar-refractivity contribution in [1.29, 1.82) is 0 Å². The number of nitrogen functional groups attached to an aromatic ring is 1. The van der Waals surface area contributed by atoms with E-state index in [1.54, 1.807) is 0 Å². The van der Waals surface area contributed by atoms with Crippen LogP contribution in [0.1, 0.15) is 30.4 Å². The van der Waals surface area contributed by atoms with Gasteiger partial charge in [-0.05, 0) is 54.7 Å². The molecule has 0 atom stereocenters. The first-order valence-electron chi connectivity index (χ1n) is 5.15. The molecule has 2 N–H and O–H groups in total. The van der Waals surface area contributed by atoms with Gasteiger partial charge < -0.3 is 5.73 Å². The number of hydrogen-bond acceptors (Lipinski definition) is 1. The van der Waals surface area contributed by atoms with Crippen molar-refractivity contribution in [1.82, 2.24) is 0 Å². The average molecular weight is 173 g/mol. The fourth-order valence-electron chi connectivity index (χ4n) is 2.61. The molecule has 0 saturated heterocycles. The highest BCUT2D eigenvalue weighted by Crippen LogP contribution is 2.55. The van der Waals surface area contributed by atoms with Gasteiger partial charge in [0.15, 0.2) is 0 Å². The minimum absolute atomic E-state index is 0.709. The number of fused-ring (bicyclic) bond motifs is 1. The third kappa shape index (κ3) is 1.06. The van der Waals surface area contributed by atoms with Crippen molar-refractivity contribution in [2.45, 2.75) is 32.1 Å². The molecule has 1 nitrogen and oxygen atoms in total. The van der Waals surface area contributed by atoms with E-state index in [4.69, 9.17) is 5.73 Å². The molecular formula is C12H15N. The van der Waals surface area contributed by atoms with Gasteiger partial charge in [-0.3, -0.25) is 0 Å². The lowest BCUT2D eigenvalue weighted by Crippen LogP contribution is -2.16. The Morgan fingerprint density at radius 1 is 1.15 bits per heavy atom. The van der Waals surface area contributed by atoms with Crippen LogP contribution in [0.3, 0.4) is 0 Å². The Labute approximate surface area is 78.9 Å². The molecule has 0 radical (unpaired) electrons. The lowest BCUT2D eigenvalue weighted by atomic mass is 9.81. The summed E-state index contributed by atoms with van der Waals surface area (Å²) in [6.45, 7) is 0. The molecule has 0 heterocycles. The monoisotopic (exact) mass is 173 g/mol. The molecular weight excluding hydrogens is 158 g/mol. The largest absolute Gasteiger partial charge is 0.398 e. The number of hydrogen-bond donors (Lipinski definition) is 1. The number of rotatable bonds is 0. The van der Waals surface area contributed by atoms with Crippen LogP contribution in [0, 0.1) is 5.41 Å². The van der Waals surface area contributed by atoms with Crippen molar-refractivity contribution in [2.75, 3.05) is 5.73 Å². The van der Waals surface area contributed by atoms with E-state index in [9.17, 15) is 0 Å². The SMILES string of the molecule is Nc1cccc2c1CCC1(CC1)C2.